The largest absolute Gasteiger partial charge is 0.483 e. The van der Waals surface area contributed by atoms with Crippen molar-refractivity contribution in [1.29, 1.82) is 0 Å². The van der Waals surface area contributed by atoms with E-state index in [4.69, 9.17) is 4.74 Å². The quantitative estimate of drug-likeness (QED) is 0.388. The van der Waals surface area contributed by atoms with Crippen molar-refractivity contribution in [2.24, 2.45) is 5.10 Å². The van der Waals surface area contributed by atoms with E-state index in [9.17, 15) is 14.9 Å². The first-order valence-corrected chi connectivity index (χ1v) is 8.48. The fourth-order valence-electron chi connectivity index (χ4n) is 2.47. The van der Waals surface area contributed by atoms with Crippen molar-refractivity contribution < 1.29 is 14.5 Å². The van der Waals surface area contributed by atoms with E-state index < -0.39 is 10.8 Å². The highest BCUT2D eigenvalue weighted by molar-refractivity contribution is 6.13. The van der Waals surface area contributed by atoms with E-state index in [0.29, 0.717) is 5.71 Å². The molecule has 0 aliphatic rings. The number of hydrazone groups is 1. The zero-order valence-electron chi connectivity index (χ0n) is 14.8. The summed E-state index contributed by atoms with van der Waals surface area (Å²) in [6.45, 7) is -0.318. The van der Waals surface area contributed by atoms with Crippen LogP contribution in [0, 0.1) is 10.1 Å². The minimum atomic E-state index is -0.525. The lowest BCUT2D eigenvalue weighted by molar-refractivity contribution is -0.384. The standard InChI is InChI=1S/C21H17N3O4/c25-20(15-28-19-13-7-12-18(14-19)24(26)27)22-23-21(16-8-3-1-4-9-16)17-10-5-2-6-11-17/h1-14H,15H2,(H,22,25). The Morgan fingerprint density at radius 1 is 0.929 bits per heavy atom. The minimum absolute atomic E-state index is 0.105. The molecule has 7 nitrogen and oxygen atoms in total. The molecule has 3 rings (SSSR count). The van der Waals surface area contributed by atoms with Gasteiger partial charge >= 0.3 is 0 Å². The molecule has 140 valence electrons. The van der Waals surface area contributed by atoms with Gasteiger partial charge in [-0.05, 0) is 6.07 Å². The lowest BCUT2D eigenvalue weighted by Crippen LogP contribution is -2.26. The van der Waals surface area contributed by atoms with Crippen LogP contribution in [0.2, 0.25) is 0 Å². The monoisotopic (exact) mass is 375 g/mol. The molecule has 3 aromatic rings. The summed E-state index contributed by atoms with van der Waals surface area (Å²) in [5.41, 5.74) is 4.70. The summed E-state index contributed by atoms with van der Waals surface area (Å²) >= 11 is 0. The fourth-order valence-corrected chi connectivity index (χ4v) is 2.47. The van der Waals surface area contributed by atoms with Crippen LogP contribution in [0.5, 0.6) is 5.75 Å². The number of non-ortho nitro benzene ring substituents is 1. The van der Waals surface area contributed by atoms with Crippen molar-refractivity contribution in [3.63, 3.8) is 0 Å². The van der Waals surface area contributed by atoms with E-state index >= 15 is 0 Å². The van der Waals surface area contributed by atoms with E-state index in [2.05, 4.69) is 10.5 Å². The van der Waals surface area contributed by atoms with Gasteiger partial charge in [-0.25, -0.2) is 5.43 Å². The van der Waals surface area contributed by atoms with E-state index in [-0.39, 0.29) is 18.0 Å². The van der Waals surface area contributed by atoms with Crippen LogP contribution in [0.1, 0.15) is 11.1 Å². The number of hydrogen-bond acceptors (Lipinski definition) is 5. The molecule has 0 heterocycles. The lowest BCUT2D eigenvalue weighted by atomic mass is 10.0. The number of amides is 1. The Morgan fingerprint density at radius 3 is 2.11 bits per heavy atom. The van der Waals surface area contributed by atoms with Crippen LogP contribution in [0.25, 0.3) is 0 Å². The second kappa shape index (κ2) is 9.09. The molecule has 0 saturated heterocycles. The van der Waals surface area contributed by atoms with E-state index in [1.807, 2.05) is 60.7 Å². The van der Waals surface area contributed by atoms with Gasteiger partial charge in [-0.2, -0.15) is 5.10 Å². The zero-order chi connectivity index (χ0) is 19.8. The average Bonchev–Trinajstić information content (AvgIpc) is 2.74. The third-order valence-electron chi connectivity index (χ3n) is 3.79. The number of benzene rings is 3. The molecule has 0 atom stereocenters. The molecular weight excluding hydrogens is 358 g/mol. The molecule has 0 saturated carbocycles. The van der Waals surface area contributed by atoms with Crippen LogP contribution >= 0.6 is 0 Å². The van der Waals surface area contributed by atoms with E-state index in [1.54, 1.807) is 6.07 Å². The molecule has 0 aliphatic carbocycles. The molecule has 0 radical (unpaired) electrons. The third-order valence-corrected chi connectivity index (χ3v) is 3.79. The molecule has 0 aromatic heterocycles. The molecule has 0 fully saturated rings. The smallest absolute Gasteiger partial charge is 0.277 e. The number of carbonyl (C=O) groups excluding carboxylic acids is 1. The van der Waals surface area contributed by atoms with Crippen LogP contribution < -0.4 is 10.2 Å². The Morgan fingerprint density at radius 2 is 1.54 bits per heavy atom. The van der Waals surface area contributed by atoms with Crippen LogP contribution in [0.4, 0.5) is 5.69 Å². The van der Waals surface area contributed by atoms with E-state index in [1.165, 1.54) is 18.2 Å². The topological polar surface area (TPSA) is 93.8 Å². The van der Waals surface area contributed by atoms with Gasteiger partial charge < -0.3 is 4.74 Å². The van der Waals surface area contributed by atoms with Gasteiger partial charge in [0, 0.05) is 17.2 Å². The van der Waals surface area contributed by atoms with Gasteiger partial charge in [0.2, 0.25) is 0 Å². The number of nitro groups is 1. The SMILES string of the molecule is O=C(COc1cccc([N+](=O)[O-])c1)NN=C(c1ccccc1)c1ccccc1. The second-order valence-electron chi connectivity index (χ2n) is 5.77. The summed E-state index contributed by atoms with van der Waals surface area (Å²) in [4.78, 5) is 22.4. The van der Waals surface area contributed by atoms with Gasteiger partial charge in [-0.1, -0.05) is 66.7 Å². The van der Waals surface area contributed by atoms with Crippen molar-refractivity contribution in [2.45, 2.75) is 0 Å². The predicted octanol–water partition coefficient (Wildman–Crippen LogP) is 3.54. The van der Waals surface area contributed by atoms with Crippen molar-refractivity contribution in [3.8, 4) is 5.75 Å². The number of hydrogen-bond donors (Lipinski definition) is 1. The Bertz CT molecular complexity index is 947. The van der Waals surface area contributed by atoms with Crippen molar-refractivity contribution in [1.82, 2.24) is 5.43 Å². The summed E-state index contributed by atoms with van der Waals surface area (Å²) in [6.07, 6.45) is 0. The number of ether oxygens (including phenoxy) is 1. The maximum Gasteiger partial charge on any atom is 0.277 e. The average molecular weight is 375 g/mol. The normalized spacial score (nSPS) is 10.0. The number of nitrogens with one attached hydrogen (secondary N) is 1. The first-order chi connectivity index (χ1) is 13.6. The fraction of sp³-hybridized carbons (Fsp3) is 0.0476. The number of nitrogens with zero attached hydrogens (tertiary/aromatic N) is 2. The summed E-state index contributed by atoms with van der Waals surface area (Å²) in [7, 11) is 0. The second-order valence-corrected chi connectivity index (χ2v) is 5.77. The van der Waals surface area contributed by atoms with Gasteiger partial charge in [-0.15, -0.1) is 0 Å². The van der Waals surface area contributed by atoms with Gasteiger partial charge in [0.15, 0.2) is 6.61 Å². The Hall–Kier alpha value is -4.00. The van der Waals surface area contributed by atoms with Gasteiger partial charge in [0.25, 0.3) is 11.6 Å². The molecule has 0 spiro atoms. The van der Waals surface area contributed by atoms with Crippen LogP contribution in [0.15, 0.2) is 90.0 Å². The third kappa shape index (κ3) is 5.01. The Labute approximate surface area is 161 Å². The molecule has 7 heteroatoms. The minimum Gasteiger partial charge on any atom is -0.483 e. The van der Waals surface area contributed by atoms with Crippen LogP contribution in [-0.4, -0.2) is 23.1 Å². The molecule has 28 heavy (non-hydrogen) atoms. The van der Waals surface area contributed by atoms with E-state index in [0.717, 1.165) is 11.1 Å². The summed E-state index contributed by atoms with van der Waals surface area (Å²) in [5.74, 6) is -0.240. The van der Waals surface area contributed by atoms with Crippen LogP contribution in [-0.2, 0) is 4.79 Å². The summed E-state index contributed by atoms with van der Waals surface area (Å²) < 4.78 is 5.32. The lowest BCUT2D eigenvalue weighted by Gasteiger charge is -2.09. The first kappa shape index (κ1) is 18.8. The Kier molecular flexibility index (Phi) is 6.10. The molecule has 0 unspecified atom stereocenters. The first-order valence-electron chi connectivity index (χ1n) is 8.48. The van der Waals surface area contributed by atoms with Crippen molar-refractivity contribution in [3.05, 3.63) is 106 Å². The number of nitro benzene ring substituents is 1. The summed E-state index contributed by atoms with van der Waals surface area (Å²) in [5, 5.41) is 15.0. The van der Waals surface area contributed by atoms with Gasteiger partial charge in [0.05, 0.1) is 16.7 Å². The highest BCUT2D eigenvalue weighted by Crippen LogP contribution is 2.18. The van der Waals surface area contributed by atoms with Gasteiger partial charge in [0.1, 0.15) is 5.75 Å². The number of carbonyl (C=O) groups is 1. The number of rotatable bonds is 7. The maximum absolute atomic E-state index is 12.1. The molecule has 0 aliphatic heterocycles. The molecule has 1 N–H and O–H groups in total. The van der Waals surface area contributed by atoms with Crippen LogP contribution in [0.3, 0.4) is 0 Å². The Balaban J connectivity index is 1.70. The predicted molar refractivity (Wildman–Crippen MR) is 105 cm³/mol. The molecule has 0 bridgehead atoms. The van der Waals surface area contributed by atoms with Gasteiger partial charge in [-0.3, -0.25) is 14.9 Å². The highest BCUT2D eigenvalue weighted by atomic mass is 16.6. The molecule has 3 aromatic carbocycles. The van der Waals surface area contributed by atoms with Crippen molar-refractivity contribution >= 4 is 17.3 Å². The highest BCUT2D eigenvalue weighted by Gasteiger charge is 2.10. The van der Waals surface area contributed by atoms with Crippen molar-refractivity contribution in [2.75, 3.05) is 6.61 Å². The maximum atomic E-state index is 12.1. The summed E-state index contributed by atoms with van der Waals surface area (Å²) in [6, 6.07) is 24.6. The molecular formula is C21H17N3O4. The molecule has 1 amide bonds. The zero-order valence-corrected chi connectivity index (χ0v) is 14.8.